The predicted octanol–water partition coefficient (Wildman–Crippen LogP) is 3.26. The molecule has 3 amide bonds. The maximum Gasteiger partial charge on any atom is 0.306 e. The molecule has 2 aromatic carbocycles. The second kappa shape index (κ2) is 10.5. The molecule has 162 valence electrons. The fraction of sp³-hybridized carbons (Fsp3) is 0.333. The third kappa shape index (κ3) is 5.78. The highest BCUT2D eigenvalue weighted by molar-refractivity contribution is 6.21. The van der Waals surface area contributed by atoms with Gasteiger partial charge in [0.1, 0.15) is 0 Å². The highest BCUT2D eigenvalue weighted by Gasteiger charge is 2.34. The van der Waals surface area contributed by atoms with Gasteiger partial charge in [-0.05, 0) is 37.5 Å². The summed E-state index contributed by atoms with van der Waals surface area (Å²) < 4.78 is 5.03. The number of nitrogens with one attached hydrogen (secondary N) is 1. The highest BCUT2D eigenvalue weighted by Crippen LogP contribution is 2.22. The Labute approximate surface area is 181 Å². The van der Waals surface area contributed by atoms with Gasteiger partial charge in [-0.1, -0.05) is 48.9 Å². The first-order valence-electron chi connectivity index (χ1n) is 10.4. The van der Waals surface area contributed by atoms with Crippen molar-refractivity contribution < 1.29 is 23.9 Å². The molecule has 3 rings (SSSR count). The van der Waals surface area contributed by atoms with E-state index in [1.165, 1.54) is 4.90 Å². The molecule has 0 radical (unpaired) electrons. The van der Waals surface area contributed by atoms with Gasteiger partial charge in [0.15, 0.2) is 6.61 Å². The maximum absolute atomic E-state index is 12.3. The number of hydrogen-bond donors (Lipinski definition) is 1. The number of hydrogen-bond acceptors (Lipinski definition) is 5. The monoisotopic (exact) mass is 422 g/mol. The van der Waals surface area contributed by atoms with Crippen molar-refractivity contribution >= 4 is 23.7 Å². The van der Waals surface area contributed by atoms with Crippen LogP contribution in [0.25, 0.3) is 0 Å². The smallest absolute Gasteiger partial charge is 0.306 e. The Balaban J connectivity index is 1.29. The molecule has 0 spiro atoms. The number of benzene rings is 2. The van der Waals surface area contributed by atoms with Crippen molar-refractivity contribution in [2.45, 2.75) is 38.6 Å². The van der Waals surface area contributed by atoms with Gasteiger partial charge >= 0.3 is 5.97 Å². The quantitative estimate of drug-likeness (QED) is 0.360. The lowest BCUT2D eigenvalue weighted by molar-refractivity contribution is -0.148. The Hall–Kier alpha value is -3.48. The van der Waals surface area contributed by atoms with E-state index in [1.807, 2.05) is 37.3 Å². The van der Waals surface area contributed by atoms with E-state index >= 15 is 0 Å². The first-order chi connectivity index (χ1) is 15.0. The van der Waals surface area contributed by atoms with E-state index in [9.17, 15) is 19.2 Å². The van der Waals surface area contributed by atoms with E-state index in [2.05, 4.69) is 5.32 Å². The van der Waals surface area contributed by atoms with Gasteiger partial charge in [0.25, 0.3) is 17.7 Å². The molecular formula is C24H26N2O5. The lowest BCUT2D eigenvalue weighted by Gasteiger charge is -2.14. The average Bonchev–Trinajstić information content (AvgIpc) is 3.03. The third-order valence-corrected chi connectivity index (χ3v) is 5.18. The summed E-state index contributed by atoms with van der Waals surface area (Å²) in [5.74, 6) is -1.33. The topological polar surface area (TPSA) is 92.8 Å². The highest BCUT2D eigenvalue weighted by atomic mass is 16.5. The standard InChI is InChI=1S/C24H26N2O5/c1-17(18-10-4-2-5-11-18)25-21(27)16-31-22(28)14-6-3-9-15-26-23(29)19-12-7-8-13-20(19)24(26)30/h2,4-5,7-8,10-13,17H,3,6,9,14-16H2,1H3,(H,25,27)/t17-/m1/s1. The number of rotatable bonds is 10. The zero-order valence-corrected chi connectivity index (χ0v) is 17.5. The summed E-state index contributed by atoms with van der Waals surface area (Å²) >= 11 is 0. The molecule has 1 atom stereocenters. The minimum atomic E-state index is -0.441. The number of esters is 1. The number of unbranched alkanes of at least 4 members (excludes halogenated alkanes) is 2. The van der Waals surface area contributed by atoms with Crippen LogP contribution in [0.1, 0.15) is 64.9 Å². The van der Waals surface area contributed by atoms with Crippen molar-refractivity contribution in [2.75, 3.05) is 13.2 Å². The second-order valence-corrected chi connectivity index (χ2v) is 7.48. The number of imide groups is 1. The molecule has 7 heteroatoms. The van der Waals surface area contributed by atoms with Gasteiger partial charge in [0.2, 0.25) is 0 Å². The van der Waals surface area contributed by atoms with Gasteiger partial charge in [0.05, 0.1) is 17.2 Å². The van der Waals surface area contributed by atoms with Gasteiger partial charge in [-0.25, -0.2) is 0 Å². The van der Waals surface area contributed by atoms with E-state index in [-0.39, 0.29) is 36.8 Å². The van der Waals surface area contributed by atoms with Crippen LogP contribution in [0.3, 0.4) is 0 Å². The number of carbonyl (C=O) groups excluding carboxylic acids is 4. The minimum absolute atomic E-state index is 0.172. The predicted molar refractivity (Wildman–Crippen MR) is 114 cm³/mol. The van der Waals surface area contributed by atoms with E-state index in [0.29, 0.717) is 36.9 Å². The summed E-state index contributed by atoms with van der Waals surface area (Å²) in [7, 11) is 0. The van der Waals surface area contributed by atoms with Crippen LogP contribution in [-0.2, 0) is 14.3 Å². The van der Waals surface area contributed by atoms with Crippen LogP contribution in [0.4, 0.5) is 0 Å². The van der Waals surface area contributed by atoms with Crippen molar-refractivity contribution in [2.24, 2.45) is 0 Å². The maximum atomic E-state index is 12.3. The van der Waals surface area contributed by atoms with Crippen LogP contribution < -0.4 is 5.32 Å². The number of amides is 3. The molecule has 1 aliphatic heterocycles. The van der Waals surface area contributed by atoms with Crippen molar-refractivity contribution in [3.63, 3.8) is 0 Å². The first-order valence-corrected chi connectivity index (χ1v) is 10.4. The second-order valence-electron chi connectivity index (χ2n) is 7.48. The fourth-order valence-electron chi connectivity index (χ4n) is 3.48. The summed E-state index contributed by atoms with van der Waals surface area (Å²) in [6, 6.07) is 16.1. The summed E-state index contributed by atoms with van der Waals surface area (Å²) in [5, 5.41) is 2.79. The lowest BCUT2D eigenvalue weighted by atomic mass is 10.1. The van der Waals surface area contributed by atoms with Crippen molar-refractivity contribution in [1.29, 1.82) is 0 Å². The normalized spacial score (nSPS) is 13.6. The Morgan fingerprint density at radius 1 is 0.903 bits per heavy atom. The van der Waals surface area contributed by atoms with Crippen LogP contribution in [-0.4, -0.2) is 41.7 Å². The number of ether oxygens (including phenoxy) is 1. The lowest BCUT2D eigenvalue weighted by Crippen LogP contribution is -2.31. The van der Waals surface area contributed by atoms with E-state index < -0.39 is 5.97 Å². The molecular weight excluding hydrogens is 396 g/mol. The molecule has 2 aromatic rings. The van der Waals surface area contributed by atoms with Crippen LogP contribution in [0.5, 0.6) is 0 Å². The molecule has 0 unspecified atom stereocenters. The summed E-state index contributed by atoms with van der Waals surface area (Å²) in [5.41, 5.74) is 1.85. The molecule has 1 heterocycles. The van der Waals surface area contributed by atoms with Crippen LogP contribution in [0, 0.1) is 0 Å². The van der Waals surface area contributed by atoms with E-state index in [0.717, 1.165) is 5.56 Å². The number of fused-ring (bicyclic) bond motifs is 1. The van der Waals surface area contributed by atoms with Gasteiger partial charge in [-0.3, -0.25) is 24.1 Å². The molecule has 31 heavy (non-hydrogen) atoms. The number of carbonyl (C=O) groups is 4. The summed E-state index contributed by atoms with van der Waals surface area (Å²) in [6.45, 7) is 1.87. The molecule has 1 aliphatic rings. The molecule has 0 saturated carbocycles. The third-order valence-electron chi connectivity index (χ3n) is 5.18. The molecule has 7 nitrogen and oxygen atoms in total. The van der Waals surface area contributed by atoms with Gasteiger partial charge in [-0.2, -0.15) is 0 Å². The van der Waals surface area contributed by atoms with Crippen LogP contribution in [0.2, 0.25) is 0 Å². The molecule has 0 fully saturated rings. The van der Waals surface area contributed by atoms with Crippen molar-refractivity contribution in [3.05, 3.63) is 71.3 Å². The molecule has 1 N–H and O–H groups in total. The minimum Gasteiger partial charge on any atom is -0.456 e. The zero-order chi connectivity index (χ0) is 22.2. The van der Waals surface area contributed by atoms with Gasteiger partial charge in [0, 0.05) is 13.0 Å². The molecule has 0 saturated heterocycles. The Kier molecular flexibility index (Phi) is 7.54. The summed E-state index contributed by atoms with van der Waals surface area (Å²) in [6.07, 6.45) is 2.02. The van der Waals surface area contributed by atoms with E-state index in [1.54, 1.807) is 24.3 Å². The zero-order valence-electron chi connectivity index (χ0n) is 17.5. The molecule has 0 aliphatic carbocycles. The van der Waals surface area contributed by atoms with Crippen molar-refractivity contribution in [3.8, 4) is 0 Å². The fourth-order valence-corrected chi connectivity index (χ4v) is 3.48. The molecule has 0 bridgehead atoms. The van der Waals surface area contributed by atoms with Crippen molar-refractivity contribution in [1.82, 2.24) is 10.2 Å². The Bertz CT molecular complexity index is 922. The van der Waals surface area contributed by atoms with Crippen LogP contribution >= 0.6 is 0 Å². The summed E-state index contributed by atoms with van der Waals surface area (Å²) in [4.78, 5) is 49.6. The van der Waals surface area contributed by atoms with E-state index in [4.69, 9.17) is 4.74 Å². The first kappa shape index (κ1) is 22.2. The largest absolute Gasteiger partial charge is 0.456 e. The van der Waals surface area contributed by atoms with Crippen LogP contribution in [0.15, 0.2) is 54.6 Å². The van der Waals surface area contributed by atoms with Gasteiger partial charge in [-0.15, -0.1) is 0 Å². The Morgan fingerprint density at radius 3 is 2.16 bits per heavy atom. The van der Waals surface area contributed by atoms with Gasteiger partial charge < -0.3 is 10.1 Å². The Morgan fingerprint density at radius 2 is 1.52 bits per heavy atom. The SMILES string of the molecule is C[C@@H](NC(=O)COC(=O)CCCCCN1C(=O)c2ccccc2C1=O)c1ccccc1. The molecule has 0 aromatic heterocycles. The number of nitrogens with zero attached hydrogens (tertiary/aromatic N) is 1. The average molecular weight is 422 g/mol.